The van der Waals surface area contributed by atoms with Crippen LogP contribution in [0.2, 0.25) is 0 Å². The van der Waals surface area contributed by atoms with E-state index < -0.39 is 11.9 Å². The quantitative estimate of drug-likeness (QED) is 0.784. The number of hydrogen-bond acceptors (Lipinski definition) is 4. The Hall–Kier alpha value is -2.05. The predicted octanol–water partition coefficient (Wildman–Crippen LogP) is -0.0110. The molecule has 0 saturated heterocycles. The zero-order valence-corrected chi connectivity index (χ0v) is 11.8. The molecular formula is C12H21N5O2. The molecule has 3 N–H and O–H groups in total. The monoisotopic (exact) mass is 267 g/mol. The molecule has 0 saturated carbocycles. The molecule has 0 fully saturated rings. The van der Waals surface area contributed by atoms with Crippen molar-refractivity contribution in [3.63, 3.8) is 0 Å². The van der Waals surface area contributed by atoms with Crippen molar-refractivity contribution in [2.24, 2.45) is 7.05 Å². The molecule has 1 unspecified atom stereocenters. The lowest BCUT2D eigenvalue weighted by Crippen LogP contribution is -2.46. The molecule has 19 heavy (non-hydrogen) atoms. The molecule has 106 valence electrons. The highest BCUT2D eigenvalue weighted by Gasteiger charge is 2.22. The molecule has 7 heteroatoms. The molecule has 0 aliphatic carbocycles. The van der Waals surface area contributed by atoms with Gasteiger partial charge in [-0.05, 0) is 20.8 Å². The standard InChI is InChI=1S/C12H21N5O2/c1-5-17(6-2)12(19)8(3)15-11(18)9-7-14-16(4)10(9)13/h7-8H,5-6,13H2,1-4H3,(H,15,18). The van der Waals surface area contributed by atoms with E-state index in [4.69, 9.17) is 5.73 Å². The number of carbonyl (C=O) groups is 2. The number of likely N-dealkylation sites (N-methyl/N-ethyl adjacent to an activating group) is 1. The maximum absolute atomic E-state index is 12.0. The number of carbonyl (C=O) groups excluding carboxylic acids is 2. The van der Waals surface area contributed by atoms with E-state index in [1.54, 1.807) is 18.9 Å². The average molecular weight is 267 g/mol. The summed E-state index contributed by atoms with van der Waals surface area (Å²) >= 11 is 0. The number of anilines is 1. The van der Waals surface area contributed by atoms with Gasteiger partial charge in [0.25, 0.3) is 5.91 Å². The van der Waals surface area contributed by atoms with Gasteiger partial charge in [0.2, 0.25) is 5.91 Å². The first-order valence-electron chi connectivity index (χ1n) is 6.29. The Morgan fingerprint density at radius 3 is 2.47 bits per heavy atom. The van der Waals surface area contributed by atoms with Crippen molar-refractivity contribution in [1.29, 1.82) is 0 Å². The first kappa shape index (κ1) is 15.0. The van der Waals surface area contributed by atoms with Crippen molar-refractivity contribution >= 4 is 17.6 Å². The van der Waals surface area contributed by atoms with Gasteiger partial charge in [0, 0.05) is 20.1 Å². The second-order valence-electron chi connectivity index (χ2n) is 4.27. The number of nitrogen functional groups attached to an aromatic ring is 1. The summed E-state index contributed by atoms with van der Waals surface area (Å²) in [6, 6.07) is -0.591. The summed E-state index contributed by atoms with van der Waals surface area (Å²) in [6.45, 7) is 6.68. The van der Waals surface area contributed by atoms with Crippen LogP contribution >= 0.6 is 0 Å². The van der Waals surface area contributed by atoms with E-state index in [2.05, 4.69) is 10.4 Å². The Bertz CT molecular complexity index is 465. The molecule has 0 bridgehead atoms. The Balaban J connectivity index is 2.72. The van der Waals surface area contributed by atoms with Gasteiger partial charge in [-0.1, -0.05) is 0 Å². The molecule has 0 aromatic carbocycles. The van der Waals surface area contributed by atoms with Crippen LogP contribution in [0.5, 0.6) is 0 Å². The van der Waals surface area contributed by atoms with Crippen molar-refractivity contribution in [2.75, 3.05) is 18.8 Å². The second kappa shape index (κ2) is 6.21. The fourth-order valence-electron chi connectivity index (χ4n) is 1.77. The van der Waals surface area contributed by atoms with E-state index in [9.17, 15) is 9.59 Å². The van der Waals surface area contributed by atoms with E-state index in [1.807, 2.05) is 13.8 Å². The van der Waals surface area contributed by atoms with Crippen molar-refractivity contribution < 1.29 is 9.59 Å². The zero-order valence-electron chi connectivity index (χ0n) is 11.8. The maximum Gasteiger partial charge on any atom is 0.257 e. The number of amides is 2. The highest BCUT2D eigenvalue weighted by atomic mass is 16.2. The fourth-order valence-corrected chi connectivity index (χ4v) is 1.77. The SMILES string of the molecule is CCN(CC)C(=O)C(C)NC(=O)c1cnn(C)c1N. The zero-order chi connectivity index (χ0) is 14.6. The molecule has 0 aliphatic heterocycles. The van der Waals surface area contributed by atoms with Gasteiger partial charge >= 0.3 is 0 Å². The topological polar surface area (TPSA) is 93.2 Å². The summed E-state index contributed by atoms with van der Waals surface area (Å²) in [7, 11) is 1.65. The molecule has 1 atom stereocenters. The van der Waals surface area contributed by atoms with Crippen LogP contribution in [0.1, 0.15) is 31.1 Å². The summed E-state index contributed by atoms with van der Waals surface area (Å²) in [6.07, 6.45) is 1.39. The summed E-state index contributed by atoms with van der Waals surface area (Å²) in [4.78, 5) is 25.7. The lowest BCUT2D eigenvalue weighted by atomic mass is 10.2. The number of nitrogens with one attached hydrogen (secondary N) is 1. The van der Waals surface area contributed by atoms with Gasteiger partial charge in [-0.15, -0.1) is 0 Å². The smallest absolute Gasteiger partial charge is 0.257 e. The fraction of sp³-hybridized carbons (Fsp3) is 0.583. The second-order valence-corrected chi connectivity index (χ2v) is 4.27. The molecule has 0 aliphatic rings. The highest BCUT2D eigenvalue weighted by Crippen LogP contribution is 2.09. The summed E-state index contributed by atoms with van der Waals surface area (Å²) in [5.41, 5.74) is 5.99. The van der Waals surface area contributed by atoms with E-state index >= 15 is 0 Å². The van der Waals surface area contributed by atoms with Crippen LogP contribution in [-0.2, 0) is 11.8 Å². The summed E-state index contributed by atoms with van der Waals surface area (Å²) < 4.78 is 1.41. The Labute approximate surface area is 112 Å². The third kappa shape index (κ3) is 3.24. The molecule has 7 nitrogen and oxygen atoms in total. The highest BCUT2D eigenvalue weighted by molar-refractivity contribution is 6.00. The van der Waals surface area contributed by atoms with E-state index in [0.717, 1.165) is 0 Å². The molecule has 1 aromatic rings. The van der Waals surface area contributed by atoms with Crippen molar-refractivity contribution in [1.82, 2.24) is 20.0 Å². The minimum atomic E-state index is -0.591. The van der Waals surface area contributed by atoms with Crippen LogP contribution in [-0.4, -0.2) is 45.6 Å². The number of nitrogens with two attached hydrogens (primary N) is 1. The molecule has 0 radical (unpaired) electrons. The number of aryl methyl sites for hydroxylation is 1. The average Bonchev–Trinajstić information content (AvgIpc) is 2.71. The van der Waals surface area contributed by atoms with Crippen molar-refractivity contribution in [2.45, 2.75) is 26.8 Å². The van der Waals surface area contributed by atoms with Crippen LogP contribution in [0.25, 0.3) is 0 Å². The first-order chi connectivity index (χ1) is 8.92. The molecule has 0 spiro atoms. The largest absolute Gasteiger partial charge is 0.383 e. The van der Waals surface area contributed by atoms with Crippen molar-refractivity contribution in [3.8, 4) is 0 Å². The van der Waals surface area contributed by atoms with Crippen molar-refractivity contribution in [3.05, 3.63) is 11.8 Å². The third-order valence-electron chi connectivity index (χ3n) is 3.02. The first-order valence-corrected chi connectivity index (χ1v) is 6.29. The molecular weight excluding hydrogens is 246 g/mol. The van der Waals surface area contributed by atoms with Gasteiger partial charge in [-0.2, -0.15) is 5.10 Å². The van der Waals surface area contributed by atoms with Crippen LogP contribution < -0.4 is 11.1 Å². The normalized spacial score (nSPS) is 12.0. The third-order valence-corrected chi connectivity index (χ3v) is 3.02. The van der Waals surface area contributed by atoms with E-state index in [-0.39, 0.29) is 17.3 Å². The van der Waals surface area contributed by atoms with Crippen LogP contribution in [0, 0.1) is 0 Å². The lowest BCUT2D eigenvalue weighted by molar-refractivity contribution is -0.132. The number of nitrogens with zero attached hydrogens (tertiary/aromatic N) is 3. The summed E-state index contributed by atoms with van der Waals surface area (Å²) in [5.74, 6) is -0.223. The van der Waals surface area contributed by atoms with Gasteiger partial charge in [0.1, 0.15) is 17.4 Å². The van der Waals surface area contributed by atoms with Gasteiger partial charge < -0.3 is 16.0 Å². The number of hydrogen-bond donors (Lipinski definition) is 2. The predicted molar refractivity (Wildman–Crippen MR) is 72.5 cm³/mol. The molecule has 1 aromatic heterocycles. The van der Waals surface area contributed by atoms with Gasteiger partial charge in [0.05, 0.1) is 6.20 Å². The molecule has 1 rings (SSSR count). The van der Waals surface area contributed by atoms with Crippen LogP contribution in [0.4, 0.5) is 5.82 Å². The number of rotatable bonds is 5. The van der Waals surface area contributed by atoms with Crippen LogP contribution in [0.3, 0.4) is 0 Å². The number of aromatic nitrogens is 2. The van der Waals surface area contributed by atoms with E-state index in [1.165, 1.54) is 10.9 Å². The molecule has 2 amide bonds. The minimum Gasteiger partial charge on any atom is -0.383 e. The Kier molecular flexibility index (Phi) is 4.91. The van der Waals surface area contributed by atoms with Gasteiger partial charge in [-0.25, -0.2) is 0 Å². The lowest BCUT2D eigenvalue weighted by Gasteiger charge is -2.23. The summed E-state index contributed by atoms with van der Waals surface area (Å²) in [5, 5.41) is 6.53. The Morgan fingerprint density at radius 2 is 2.05 bits per heavy atom. The Morgan fingerprint density at radius 1 is 1.47 bits per heavy atom. The molecule has 1 heterocycles. The van der Waals surface area contributed by atoms with E-state index in [0.29, 0.717) is 13.1 Å². The van der Waals surface area contributed by atoms with Crippen LogP contribution in [0.15, 0.2) is 6.20 Å². The maximum atomic E-state index is 12.0. The van der Waals surface area contributed by atoms with Gasteiger partial charge in [-0.3, -0.25) is 14.3 Å². The van der Waals surface area contributed by atoms with Gasteiger partial charge in [0.15, 0.2) is 0 Å². The minimum absolute atomic E-state index is 0.110.